The number of benzene rings is 8. The number of fused-ring (bicyclic) bond motifs is 4. The van der Waals surface area contributed by atoms with Crippen LogP contribution in [0.3, 0.4) is 0 Å². The van der Waals surface area contributed by atoms with Gasteiger partial charge in [0.05, 0.1) is 63.9 Å². The minimum Gasteiger partial charge on any atom is -0.497 e. The molecule has 108 heavy (non-hydrogen) atoms. The zero-order valence-electron chi connectivity index (χ0n) is 59.2. The summed E-state index contributed by atoms with van der Waals surface area (Å²) in [6, 6.07) is 57.9. The number of carbonyl (C=O) groups is 1. The van der Waals surface area contributed by atoms with Crippen molar-refractivity contribution < 1.29 is 31.8 Å². The standard InChI is InChI=1S/C20H16F2N6O2.C19H17FN6O.C19H17FN6.C19H18N6/c1-10-24-14-8-5-12(21)9-15(14)28(10)20-26-17(23)16(22)18(27-20)25-13-6-3-11(4-7-13)19(29)30-2;1-11-22-14-8-3-4-9-15(14)26(11)19-24-17(21)16(20)18(25-19)23-12-6-5-7-13(10-12)27-2;1-11-6-5-7-13(10-11)23-18-16(20)17(21)24-19(25-18)26-12(2)22-14-8-3-4-9-15(14)26;1-12-7-9-14(10-8-12)22-18-11-17(20)23-19(24-18)25-13(2)21-15-5-3-4-6-16(15)25/h3-9H,1-2H3,(H3,23,25,26,27);3-10H,1-2H3,(H3,21,23,24,25);3-10H,1-2H3,(H3,21,23,24,25);3-11H,1-2H3,(H3,20,22,23,24). The maximum absolute atomic E-state index is 14.6. The molecule has 0 aliphatic rings. The van der Waals surface area contributed by atoms with Crippen LogP contribution in [0, 0.1) is 64.8 Å². The molecule has 0 saturated carbocycles. The van der Waals surface area contributed by atoms with Crippen molar-refractivity contribution in [3.8, 4) is 29.5 Å². The van der Waals surface area contributed by atoms with E-state index in [1.54, 1.807) is 65.6 Å². The molecular weight excluding hydrogens is 1390 g/mol. The van der Waals surface area contributed by atoms with E-state index in [2.05, 4.69) is 92.7 Å². The molecule has 0 spiro atoms. The Hall–Kier alpha value is -14.7. The van der Waals surface area contributed by atoms with Crippen molar-refractivity contribution in [2.24, 2.45) is 0 Å². The Morgan fingerprint density at radius 1 is 0.361 bits per heavy atom. The number of para-hydroxylation sites is 6. The highest BCUT2D eigenvalue weighted by Crippen LogP contribution is 2.32. The molecule has 27 nitrogen and oxygen atoms in total. The second-order valence-corrected chi connectivity index (χ2v) is 24.3. The zero-order valence-corrected chi connectivity index (χ0v) is 59.2. The van der Waals surface area contributed by atoms with E-state index in [4.69, 9.17) is 27.7 Å². The normalized spacial score (nSPS) is 11.0. The number of hydrogen-bond donors (Lipinski definition) is 8. The first kappa shape index (κ1) is 71.7. The first-order chi connectivity index (χ1) is 52.1. The van der Waals surface area contributed by atoms with E-state index in [0.717, 1.165) is 55.9 Å². The Morgan fingerprint density at radius 2 is 0.769 bits per heavy atom. The molecule has 31 heteroatoms. The van der Waals surface area contributed by atoms with Crippen LogP contribution < -0.4 is 48.9 Å². The third-order valence-electron chi connectivity index (χ3n) is 16.6. The first-order valence-electron chi connectivity index (χ1n) is 33.2. The fraction of sp³-hybridized carbons (Fsp3) is 0.104. The molecule has 0 bridgehead atoms. The van der Waals surface area contributed by atoms with Crippen LogP contribution >= 0.6 is 0 Å². The van der Waals surface area contributed by atoms with Gasteiger partial charge in [-0.2, -0.15) is 53.0 Å². The molecule has 12 N–H and O–H groups in total. The third kappa shape index (κ3) is 15.5. The Bertz CT molecular complexity index is 6050. The van der Waals surface area contributed by atoms with E-state index in [1.165, 1.54) is 47.6 Å². The summed E-state index contributed by atoms with van der Waals surface area (Å²) in [4.78, 5) is 63.6. The number of hydrogen-bond acceptors (Lipinski definition) is 23. The van der Waals surface area contributed by atoms with E-state index in [1.807, 2.05) is 154 Å². The number of halogens is 4. The summed E-state index contributed by atoms with van der Waals surface area (Å²) in [7, 11) is 2.84. The maximum atomic E-state index is 14.6. The van der Waals surface area contributed by atoms with Gasteiger partial charge in [-0.05, 0) is 156 Å². The van der Waals surface area contributed by atoms with Crippen LogP contribution in [-0.2, 0) is 4.74 Å². The van der Waals surface area contributed by atoms with Crippen LogP contribution in [0.25, 0.3) is 67.9 Å². The number of aryl methyl sites for hydroxylation is 6. The monoisotopic (exact) mass is 1450 g/mol. The number of nitrogens with zero attached hydrogens (tertiary/aromatic N) is 16. The van der Waals surface area contributed by atoms with Crippen molar-refractivity contribution in [3.05, 3.63) is 257 Å². The molecule has 0 aliphatic heterocycles. The number of imidazole rings is 4. The minimum absolute atomic E-state index is 0.0234. The SMILES string of the molecule is COC(=O)c1ccc(Nc2nc(-n3c(C)nc4ccc(F)cc43)nc(N)c2F)cc1.COc1cccc(Nc2nc(-n3c(C)nc4ccccc43)nc(N)c2F)c1.Cc1ccc(Nc2cc(N)nc(-n3c(C)nc4ccccc43)n2)cc1.Cc1cccc(Nc2nc(-n3c(C)nc4ccccc43)nc(N)c2F)c1. The lowest BCUT2D eigenvalue weighted by molar-refractivity contribution is 0.0600. The van der Waals surface area contributed by atoms with Gasteiger partial charge in [-0.1, -0.05) is 72.3 Å². The number of aromatic nitrogens is 16. The second-order valence-electron chi connectivity index (χ2n) is 24.3. The van der Waals surface area contributed by atoms with Crippen LogP contribution in [0.1, 0.15) is 44.8 Å². The Morgan fingerprint density at radius 3 is 1.23 bits per heavy atom. The molecule has 16 rings (SSSR count). The van der Waals surface area contributed by atoms with Gasteiger partial charge < -0.3 is 53.7 Å². The van der Waals surface area contributed by atoms with E-state index < -0.39 is 29.2 Å². The number of ether oxygens (including phenoxy) is 2. The number of nitrogens with two attached hydrogens (primary N) is 4. The minimum atomic E-state index is -0.843. The highest BCUT2D eigenvalue weighted by molar-refractivity contribution is 5.90. The van der Waals surface area contributed by atoms with Crippen molar-refractivity contribution >= 4 is 119 Å². The number of rotatable bonds is 14. The molecular formula is C77H68F4N24O3. The molecule has 0 radical (unpaired) electrons. The predicted molar refractivity (Wildman–Crippen MR) is 409 cm³/mol. The van der Waals surface area contributed by atoms with Crippen molar-refractivity contribution in [2.75, 3.05) is 58.4 Å². The summed E-state index contributed by atoms with van der Waals surface area (Å²) >= 11 is 0. The average Bonchev–Trinajstić information content (AvgIpc) is 1.63. The van der Waals surface area contributed by atoms with Gasteiger partial charge in [0.1, 0.15) is 46.5 Å². The van der Waals surface area contributed by atoms with Crippen LogP contribution in [0.4, 0.5) is 86.9 Å². The maximum Gasteiger partial charge on any atom is 0.337 e. The van der Waals surface area contributed by atoms with Gasteiger partial charge in [0, 0.05) is 40.9 Å². The van der Waals surface area contributed by atoms with E-state index in [9.17, 15) is 22.4 Å². The third-order valence-corrected chi connectivity index (χ3v) is 16.6. The van der Waals surface area contributed by atoms with Gasteiger partial charge in [0.25, 0.3) is 0 Å². The zero-order chi connectivity index (χ0) is 76.0. The van der Waals surface area contributed by atoms with Crippen molar-refractivity contribution in [1.29, 1.82) is 0 Å². The number of esters is 1. The van der Waals surface area contributed by atoms with Crippen LogP contribution in [0.15, 0.2) is 194 Å². The number of carbonyl (C=O) groups excluding carboxylic acids is 1. The molecule has 8 aromatic carbocycles. The summed E-state index contributed by atoms with van der Waals surface area (Å²) in [5.74, 6) is 1.17. The lowest BCUT2D eigenvalue weighted by Gasteiger charge is -2.12. The fourth-order valence-electron chi connectivity index (χ4n) is 11.6. The summed E-state index contributed by atoms with van der Waals surface area (Å²) < 4.78 is 74.1. The summed E-state index contributed by atoms with van der Waals surface area (Å²) in [5.41, 5.74) is 34.8. The van der Waals surface area contributed by atoms with Gasteiger partial charge in [-0.25, -0.2) is 29.1 Å². The van der Waals surface area contributed by atoms with Crippen molar-refractivity contribution in [1.82, 2.24) is 78.1 Å². The lowest BCUT2D eigenvalue weighted by Crippen LogP contribution is -2.11. The molecule has 8 heterocycles. The van der Waals surface area contributed by atoms with E-state index >= 15 is 0 Å². The number of nitrogen functional groups attached to an aromatic ring is 4. The molecule has 542 valence electrons. The smallest absolute Gasteiger partial charge is 0.337 e. The van der Waals surface area contributed by atoms with Gasteiger partial charge in [0.15, 0.2) is 34.9 Å². The molecule has 0 unspecified atom stereocenters. The number of methoxy groups -OCH3 is 2. The molecule has 16 aromatic rings. The van der Waals surface area contributed by atoms with Crippen LogP contribution in [0.5, 0.6) is 5.75 Å². The highest BCUT2D eigenvalue weighted by Gasteiger charge is 2.23. The Labute approximate surface area is 613 Å². The van der Waals surface area contributed by atoms with E-state index in [0.29, 0.717) is 68.8 Å². The van der Waals surface area contributed by atoms with E-state index in [-0.39, 0.29) is 52.8 Å². The molecule has 0 amide bonds. The fourth-order valence-corrected chi connectivity index (χ4v) is 11.6. The van der Waals surface area contributed by atoms with Crippen LogP contribution in [0.2, 0.25) is 0 Å². The van der Waals surface area contributed by atoms with Gasteiger partial charge in [-0.3, -0.25) is 18.3 Å². The van der Waals surface area contributed by atoms with Gasteiger partial charge in [0.2, 0.25) is 41.2 Å². The molecule has 0 saturated heterocycles. The van der Waals surface area contributed by atoms with Crippen molar-refractivity contribution in [2.45, 2.75) is 41.5 Å². The summed E-state index contributed by atoms with van der Waals surface area (Å²) in [6.45, 7) is 11.3. The Kier molecular flexibility index (Phi) is 20.4. The molecule has 8 aromatic heterocycles. The summed E-state index contributed by atoms with van der Waals surface area (Å²) in [5, 5.41) is 12.0. The lowest BCUT2D eigenvalue weighted by atomic mass is 10.2. The van der Waals surface area contributed by atoms with Gasteiger partial charge in [-0.15, -0.1) is 0 Å². The highest BCUT2D eigenvalue weighted by atomic mass is 19.1. The van der Waals surface area contributed by atoms with Gasteiger partial charge >= 0.3 is 5.97 Å². The van der Waals surface area contributed by atoms with Crippen molar-refractivity contribution in [3.63, 3.8) is 0 Å². The largest absolute Gasteiger partial charge is 0.497 e. The molecule has 0 fully saturated rings. The number of anilines is 12. The average molecular weight is 1450 g/mol. The Balaban J connectivity index is 0.000000127. The topological polar surface area (TPSA) is 362 Å². The molecule has 0 aliphatic carbocycles. The first-order valence-corrected chi connectivity index (χ1v) is 33.2. The quantitative estimate of drug-likeness (QED) is 0.0370. The summed E-state index contributed by atoms with van der Waals surface area (Å²) in [6.07, 6.45) is 0. The number of nitrogens with one attached hydrogen (secondary N) is 4. The molecule has 0 atom stereocenters. The predicted octanol–water partition coefficient (Wildman–Crippen LogP) is 14.8. The second kappa shape index (κ2) is 30.7. The van der Waals surface area contributed by atoms with Crippen LogP contribution in [-0.4, -0.2) is 98.3 Å².